The molecule has 7 heteroatoms. The molecule has 0 spiro atoms. The molecule has 0 fully saturated rings. The first-order valence-corrected chi connectivity index (χ1v) is 6.50. The molecule has 1 aromatic carbocycles. The Bertz CT molecular complexity index is 654. The van der Waals surface area contributed by atoms with E-state index in [4.69, 9.17) is 0 Å². The molecular formula is C14H16F2N4O. The van der Waals surface area contributed by atoms with Crippen LogP contribution in [0, 0.1) is 11.6 Å². The summed E-state index contributed by atoms with van der Waals surface area (Å²) in [5, 5.41) is 6.55. The van der Waals surface area contributed by atoms with E-state index in [1.165, 1.54) is 18.0 Å². The van der Waals surface area contributed by atoms with E-state index >= 15 is 0 Å². The SMILES string of the molecule is CC(C)c1nc(C(=O)N(C)Cc2ccc(F)cc2F)n[nH]1. The van der Waals surface area contributed by atoms with E-state index in [1.54, 1.807) is 0 Å². The van der Waals surface area contributed by atoms with Crippen molar-refractivity contribution >= 4 is 5.91 Å². The molecule has 0 aliphatic carbocycles. The molecule has 0 unspecified atom stereocenters. The number of aromatic nitrogens is 3. The molecule has 2 aromatic rings. The van der Waals surface area contributed by atoms with Crippen LogP contribution in [0.1, 0.15) is 41.8 Å². The fourth-order valence-corrected chi connectivity index (χ4v) is 1.78. The normalized spacial score (nSPS) is 11.0. The Morgan fingerprint density at radius 3 is 2.67 bits per heavy atom. The monoisotopic (exact) mass is 294 g/mol. The Labute approximate surface area is 121 Å². The number of H-pyrrole nitrogens is 1. The van der Waals surface area contributed by atoms with Crippen molar-refractivity contribution in [2.75, 3.05) is 7.05 Å². The minimum Gasteiger partial charge on any atom is -0.334 e. The molecule has 2 rings (SSSR count). The Balaban J connectivity index is 2.11. The molecule has 21 heavy (non-hydrogen) atoms. The molecular weight excluding hydrogens is 278 g/mol. The van der Waals surface area contributed by atoms with E-state index in [-0.39, 0.29) is 23.9 Å². The van der Waals surface area contributed by atoms with Crippen LogP contribution in [0.3, 0.4) is 0 Å². The lowest BCUT2D eigenvalue weighted by Gasteiger charge is -2.15. The highest BCUT2D eigenvalue weighted by atomic mass is 19.1. The molecule has 1 heterocycles. The van der Waals surface area contributed by atoms with Crippen molar-refractivity contribution in [3.63, 3.8) is 0 Å². The van der Waals surface area contributed by atoms with E-state index < -0.39 is 17.5 Å². The zero-order valence-electron chi connectivity index (χ0n) is 12.0. The minimum atomic E-state index is -0.687. The number of nitrogens with zero attached hydrogens (tertiary/aromatic N) is 3. The zero-order chi connectivity index (χ0) is 15.6. The molecule has 0 bridgehead atoms. The van der Waals surface area contributed by atoms with Crippen molar-refractivity contribution in [2.45, 2.75) is 26.3 Å². The van der Waals surface area contributed by atoms with Crippen LogP contribution in [0.2, 0.25) is 0 Å². The number of benzene rings is 1. The van der Waals surface area contributed by atoms with Gasteiger partial charge >= 0.3 is 0 Å². The van der Waals surface area contributed by atoms with E-state index in [2.05, 4.69) is 15.2 Å². The van der Waals surface area contributed by atoms with Gasteiger partial charge in [-0.1, -0.05) is 19.9 Å². The number of hydrogen-bond donors (Lipinski definition) is 1. The van der Waals surface area contributed by atoms with Crippen LogP contribution in [0.25, 0.3) is 0 Å². The first-order valence-electron chi connectivity index (χ1n) is 6.50. The highest BCUT2D eigenvalue weighted by molar-refractivity contribution is 5.90. The van der Waals surface area contributed by atoms with Crippen LogP contribution in [-0.4, -0.2) is 33.0 Å². The summed E-state index contributed by atoms with van der Waals surface area (Å²) in [7, 11) is 1.51. The molecule has 0 atom stereocenters. The van der Waals surface area contributed by atoms with Gasteiger partial charge in [0, 0.05) is 31.1 Å². The van der Waals surface area contributed by atoms with Crippen molar-refractivity contribution in [1.82, 2.24) is 20.1 Å². The number of nitrogens with one attached hydrogen (secondary N) is 1. The van der Waals surface area contributed by atoms with Gasteiger partial charge < -0.3 is 4.90 Å². The topological polar surface area (TPSA) is 61.9 Å². The number of carbonyl (C=O) groups is 1. The molecule has 1 aromatic heterocycles. The number of carbonyl (C=O) groups excluding carboxylic acids is 1. The lowest BCUT2D eigenvalue weighted by atomic mass is 10.2. The van der Waals surface area contributed by atoms with Gasteiger partial charge in [-0.05, 0) is 6.07 Å². The van der Waals surface area contributed by atoms with E-state index in [1.807, 2.05) is 13.8 Å². The van der Waals surface area contributed by atoms with Gasteiger partial charge in [0.15, 0.2) is 0 Å². The van der Waals surface area contributed by atoms with Crippen LogP contribution in [0.15, 0.2) is 18.2 Å². The lowest BCUT2D eigenvalue weighted by Crippen LogP contribution is -2.27. The van der Waals surface area contributed by atoms with Crippen LogP contribution in [0.4, 0.5) is 8.78 Å². The van der Waals surface area contributed by atoms with E-state index in [9.17, 15) is 13.6 Å². The van der Waals surface area contributed by atoms with Crippen molar-refractivity contribution in [1.29, 1.82) is 0 Å². The van der Waals surface area contributed by atoms with Crippen LogP contribution < -0.4 is 0 Å². The molecule has 0 saturated carbocycles. The van der Waals surface area contributed by atoms with Gasteiger partial charge in [-0.15, -0.1) is 5.10 Å². The minimum absolute atomic E-state index is 0.0104. The van der Waals surface area contributed by atoms with Gasteiger partial charge in [-0.25, -0.2) is 13.8 Å². The Morgan fingerprint density at radius 1 is 1.38 bits per heavy atom. The van der Waals surface area contributed by atoms with Gasteiger partial charge in [-0.2, -0.15) is 0 Å². The first-order chi connectivity index (χ1) is 9.88. The second-order valence-electron chi connectivity index (χ2n) is 5.10. The Kier molecular flexibility index (Phi) is 4.30. The van der Waals surface area contributed by atoms with E-state index in [0.717, 1.165) is 12.1 Å². The maximum absolute atomic E-state index is 13.6. The maximum atomic E-state index is 13.6. The average molecular weight is 294 g/mol. The Morgan fingerprint density at radius 2 is 2.10 bits per heavy atom. The number of hydrogen-bond acceptors (Lipinski definition) is 3. The quantitative estimate of drug-likeness (QED) is 0.942. The summed E-state index contributed by atoms with van der Waals surface area (Å²) in [6.45, 7) is 3.86. The predicted octanol–water partition coefficient (Wildman–Crippen LogP) is 2.48. The smallest absolute Gasteiger partial charge is 0.293 e. The molecule has 0 aliphatic heterocycles. The maximum Gasteiger partial charge on any atom is 0.293 e. The van der Waals surface area contributed by atoms with Crippen molar-refractivity contribution in [2.24, 2.45) is 0 Å². The summed E-state index contributed by atoms with van der Waals surface area (Å²) in [5.41, 5.74) is 0.229. The molecule has 0 saturated heterocycles. The summed E-state index contributed by atoms with van der Waals surface area (Å²) >= 11 is 0. The first kappa shape index (κ1) is 15.1. The molecule has 1 N–H and O–H groups in total. The fraction of sp³-hybridized carbons (Fsp3) is 0.357. The number of aromatic amines is 1. The zero-order valence-corrected chi connectivity index (χ0v) is 12.0. The highest BCUT2D eigenvalue weighted by Gasteiger charge is 2.19. The summed E-state index contributed by atoms with van der Waals surface area (Å²) in [4.78, 5) is 17.5. The number of halogens is 2. The summed E-state index contributed by atoms with van der Waals surface area (Å²) in [5.74, 6) is -1.00. The van der Waals surface area contributed by atoms with Gasteiger partial charge in [0.2, 0.25) is 5.82 Å². The third-order valence-corrected chi connectivity index (χ3v) is 3.01. The van der Waals surface area contributed by atoms with Gasteiger partial charge in [-0.3, -0.25) is 9.89 Å². The van der Waals surface area contributed by atoms with Gasteiger partial charge in [0.25, 0.3) is 5.91 Å². The van der Waals surface area contributed by atoms with Gasteiger partial charge in [0.1, 0.15) is 17.5 Å². The van der Waals surface area contributed by atoms with Crippen molar-refractivity contribution < 1.29 is 13.6 Å². The largest absolute Gasteiger partial charge is 0.334 e. The summed E-state index contributed by atoms with van der Waals surface area (Å²) in [6, 6.07) is 3.25. The second kappa shape index (κ2) is 5.99. The number of rotatable bonds is 4. The van der Waals surface area contributed by atoms with Gasteiger partial charge in [0.05, 0.1) is 0 Å². The van der Waals surface area contributed by atoms with Crippen LogP contribution in [-0.2, 0) is 6.54 Å². The second-order valence-corrected chi connectivity index (χ2v) is 5.10. The molecule has 112 valence electrons. The highest BCUT2D eigenvalue weighted by Crippen LogP contribution is 2.13. The average Bonchev–Trinajstić information content (AvgIpc) is 2.90. The third-order valence-electron chi connectivity index (χ3n) is 3.01. The van der Waals surface area contributed by atoms with E-state index in [0.29, 0.717) is 5.82 Å². The summed E-state index contributed by atoms with van der Waals surface area (Å²) in [6.07, 6.45) is 0. The van der Waals surface area contributed by atoms with Crippen molar-refractivity contribution in [3.8, 4) is 0 Å². The lowest BCUT2D eigenvalue weighted by molar-refractivity contribution is 0.0772. The van der Waals surface area contributed by atoms with Crippen LogP contribution in [0.5, 0.6) is 0 Å². The fourth-order valence-electron chi connectivity index (χ4n) is 1.78. The summed E-state index contributed by atoms with van der Waals surface area (Å²) < 4.78 is 26.4. The third kappa shape index (κ3) is 3.42. The molecule has 0 radical (unpaired) electrons. The van der Waals surface area contributed by atoms with Crippen LogP contribution >= 0.6 is 0 Å². The Hall–Kier alpha value is -2.31. The molecule has 1 amide bonds. The molecule has 5 nitrogen and oxygen atoms in total. The molecule has 0 aliphatic rings. The number of amides is 1. The predicted molar refractivity (Wildman–Crippen MR) is 72.6 cm³/mol. The standard InChI is InChI=1S/C14H16F2N4O/c1-8(2)12-17-13(19-18-12)14(21)20(3)7-9-4-5-10(15)6-11(9)16/h4-6,8H,7H2,1-3H3,(H,17,18,19). The van der Waals surface area contributed by atoms with Crippen molar-refractivity contribution in [3.05, 3.63) is 47.0 Å².